The largest absolute Gasteiger partial charge is 0.456 e. The van der Waals surface area contributed by atoms with Gasteiger partial charge in [0.1, 0.15) is 5.82 Å². The Bertz CT molecular complexity index is 1030. The topological polar surface area (TPSA) is 102 Å². The highest BCUT2D eigenvalue weighted by atomic mass is 32.2. The van der Waals surface area contributed by atoms with Gasteiger partial charge in [0, 0.05) is 12.2 Å². The van der Waals surface area contributed by atoms with Crippen LogP contribution in [0.2, 0.25) is 0 Å². The molecule has 2 rings (SSSR count). The normalized spacial score (nSPS) is 11.7. The maximum absolute atomic E-state index is 13.0. The van der Waals surface area contributed by atoms with E-state index in [1.807, 2.05) is 4.72 Å². The highest BCUT2D eigenvalue weighted by Gasteiger charge is 2.31. The fourth-order valence-electron chi connectivity index (χ4n) is 2.19. The van der Waals surface area contributed by atoms with E-state index in [4.69, 9.17) is 0 Å². The van der Waals surface area contributed by atoms with Crippen LogP contribution in [0.3, 0.4) is 0 Å². The van der Waals surface area contributed by atoms with Crippen LogP contribution in [-0.4, -0.2) is 33.4 Å². The van der Waals surface area contributed by atoms with Crippen molar-refractivity contribution in [3.8, 4) is 0 Å². The summed E-state index contributed by atoms with van der Waals surface area (Å²) >= 11 is 0. The third kappa shape index (κ3) is 7.12. The molecule has 0 unspecified atom stereocenters. The third-order valence-corrected chi connectivity index (χ3v) is 5.02. The summed E-state index contributed by atoms with van der Waals surface area (Å²) in [6.07, 6.45) is -5.17. The first kappa shape index (κ1) is 23.3. The number of carbonyl (C=O) groups excluding carboxylic acids is 2. The maximum Gasteiger partial charge on any atom is 0.416 e. The Morgan fingerprint density at radius 1 is 1.03 bits per heavy atom. The number of rotatable bonds is 8. The molecule has 2 aromatic carbocycles. The Labute approximate surface area is 169 Å². The second-order valence-corrected chi connectivity index (χ2v) is 7.66. The average Bonchev–Trinajstić information content (AvgIpc) is 2.66. The van der Waals surface area contributed by atoms with Crippen molar-refractivity contribution in [3.05, 3.63) is 59.9 Å². The van der Waals surface area contributed by atoms with Crippen molar-refractivity contribution in [2.45, 2.75) is 17.5 Å². The van der Waals surface area contributed by atoms with Crippen molar-refractivity contribution in [2.75, 3.05) is 18.5 Å². The molecule has 0 radical (unpaired) electrons. The molecule has 2 N–H and O–H groups in total. The van der Waals surface area contributed by atoms with Crippen molar-refractivity contribution in [2.24, 2.45) is 0 Å². The van der Waals surface area contributed by atoms with Crippen LogP contribution in [0, 0.1) is 5.82 Å². The molecule has 0 aromatic heterocycles. The summed E-state index contributed by atoms with van der Waals surface area (Å²) in [6, 6.07) is 8.15. The second kappa shape index (κ2) is 9.67. The number of alkyl halides is 3. The van der Waals surface area contributed by atoms with Gasteiger partial charge in [0.15, 0.2) is 6.61 Å². The van der Waals surface area contributed by atoms with Crippen LogP contribution < -0.4 is 10.0 Å². The highest BCUT2D eigenvalue weighted by Crippen LogP contribution is 2.30. The van der Waals surface area contributed by atoms with Crippen LogP contribution in [0.5, 0.6) is 0 Å². The summed E-state index contributed by atoms with van der Waals surface area (Å²) in [6.45, 7) is -1.14. The highest BCUT2D eigenvalue weighted by molar-refractivity contribution is 7.89. The van der Waals surface area contributed by atoms with Gasteiger partial charge in [-0.2, -0.15) is 13.2 Å². The summed E-state index contributed by atoms with van der Waals surface area (Å²) in [5, 5.41) is 2.30. The van der Waals surface area contributed by atoms with Crippen LogP contribution in [0.25, 0.3) is 0 Å². The molecule has 0 heterocycles. The Balaban J connectivity index is 1.80. The molecule has 7 nitrogen and oxygen atoms in total. The molecule has 0 bridgehead atoms. The predicted octanol–water partition coefficient (Wildman–Crippen LogP) is 2.69. The number of ether oxygens (including phenoxy) is 1. The number of hydrogen-bond acceptors (Lipinski definition) is 5. The zero-order valence-electron chi connectivity index (χ0n) is 15.2. The van der Waals surface area contributed by atoms with Gasteiger partial charge >= 0.3 is 12.1 Å². The molecule has 0 spiro atoms. The molecular formula is C18H16F4N2O5S. The van der Waals surface area contributed by atoms with Crippen molar-refractivity contribution in [1.29, 1.82) is 0 Å². The van der Waals surface area contributed by atoms with E-state index in [1.165, 1.54) is 18.2 Å². The van der Waals surface area contributed by atoms with Gasteiger partial charge < -0.3 is 10.1 Å². The van der Waals surface area contributed by atoms with Crippen molar-refractivity contribution in [3.63, 3.8) is 0 Å². The van der Waals surface area contributed by atoms with Gasteiger partial charge in [-0.15, -0.1) is 0 Å². The number of anilines is 1. The molecule has 0 aliphatic carbocycles. The minimum Gasteiger partial charge on any atom is -0.456 e. The molecule has 0 aliphatic heterocycles. The van der Waals surface area contributed by atoms with E-state index >= 15 is 0 Å². The van der Waals surface area contributed by atoms with Crippen LogP contribution in [0.15, 0.2) is 53.4 Å². The lowest BCUT2D eigenvalue weighted by atomic mass is 10.2. The van der Waals surface area contributed by atoms with Crippen LogP contribution in [-0.2, 0) is 30.5 Å². The molecule has 1 amide bonds. The van der Waals surface area contributed by atoms with Gasteiger partial charge in [-0.1, -0.05) is 12.1 Å². The number of nitrogens with one attached hydrogen (secondary N) is 2. The average molecular weight is 448 g/mol. The Morgan fingerprint density at radius 3 is 2.40 bits per heavy atom. The van der Waals surface area contributed by atoms with E-state index in [0.29, 0.717) is 6.07 Å². The first-order valence-corrected chi connectivity index (χ1v) is 9.84. The summed E-state index contributed by atoms with van der Waals surface area (Å²) < 4.78 is 81.9. The van der Waals surface area contributed by atoms with Gasteiger partial charge in [0.25, 0.3) is 5.91 Å². The molecule has 162 valence electrons. The Hall–Kier alpha value is -2.99. The SMILES string of the molecule is O=C(COC(=O)CCNS(=O)(=O)c1cccc(C(F)(F)F)c1)Nc1cccc(F)c1. The number of esters is 1. The second-order valence-electron chi connectivity index (χ2n) is 5.89. The van der Waals surface area contributed by atoms with Gasteiger partial charge in [-0.25, -0.2) is 17.5 Å². The number of benzene rings is 2. The maximum atomic E-state index is 13.0. The lowest BCUT2D eigenvalue weighted by Gasteiger charge is -2.10. The first-order chi connectivity index (χ1) is 14.0. The van der Waals surface area contributed by atoms with Crippen molar-refractivity contribution >= 4 is 27.6 Å². The molecule has 12 heteroatoms. The number of sulfonamides is 1. The number of halogens is 4. The lowest BCUT2D eigenvalue weighted by Crippen LogP contribution is -2.28. The Kier molecular flexibility index (Phi) is 7.51. The van der Waals surface area contributed by atoms with E-state index in [2.05, 4.69) is 10.1 Å². The minimum absolute atomic E-state index is 0.157. The number of amides is 1. The van der Waals surface area contributed by atoms with Crippen LogP contribution in [0.4, 0.5) is 23.2 Å². The molecule has 30 heavy (non-hydrogen) atoms. The molecule has 0 aliphatic rings. The standard InChI is InChI=1S/C18H16F4N2O5S/c19-13-4-2-5-14(10-13)24-16(25)11-29-17(26)7-8-23-30(27,28)15-6-1-3-12(9-15)18(20,21)22/h1-6,9-10,23H,7-8,11H2,(H,24,25). The predicted molar refractivity (Wildman–Crippen MR) is 97.2 cm³/mol. The zero-order chi connectivity index (χ0) is 22.4. The van der Waals surface area contributed by atoms with Gasteiger partial charge in [-0.05, 0) is 36.4 Å². The summed E-state index contributed by atoms with van der Waals surface area (Å²) in [4.78, 5) is 22.7. The zero-order valence-corrected chi connectivity index (χ0v) is 16.0. The first-order valence-electron chi connectivity index (χ1n) is 8.35. The summed E-state index contributed by atoms with van der Waals surface area (Å²) in [5.41, 5.74) is -0.973. The number of hydrogen-bond donors (Lipinski definition) is 2. The van der Waals surface area contributed by atoms with E-state index in [9.17, 15) is 35.6 Å². The molecule has 2 aromatic rings. The quantitative estimate of drug-likeness (QED) is 0.478. The molecular weight excluding hydrogens is 432 g/mol. The van der Waals surface area contributed by atoms with Gasteiger partial charge in [-0.3, -0.25) is 9.59 Å². The molecule has 0 saturated carbocycles. The summed E-state index contributed by atoms with van der Waals surface area (Å²) in [5.74, 6) is -2.23. The molecule has 0 atom stereocenters. The van der Waals surface area contributed by atoms with E-state index in [-0.39, 0.29) is 5.69 Å². The fourth-order valence-corrected chi connectivity index (χ4v) is 3.27. The molecule has 0 fully saturated rings. The van der Waals surface area contributed by atoms with E-state index in [1.54, 1.807) is 0 Å². The van der Waals surface area contributed by atoms with Crippen molar-refractivity contribution < 1.29 is 40.3 Å². The van der Waals surface area contributed by atoms with Crippen LogP contribution >= 0.6 is 0 Å². The Morgan fingerprint density at radius 2 is 1.73 bits per heavy atom. The summed E-state index contributed by atoms with van der Waals surface area (Å²) in [7, 11) is -4.29. The third-order valence-electron chi connectivity index (χ3n) is 3.57. The van der Waals surface area contributed by atoms with E-state index < -0.39 is 63.9 Å². The smallest absolute Gasteiger partial charge is 0.416 e. The fraction of sp³-hybridized carbons (Fsp3) is 0.222. The van der Waals surface area contributed by atoms with E-state index in [0.717, 1.165) is 24.3 Å². The van der Waals surface area contributed by atoms with Gasteiger partial charge in [0.05, 0.1) is 16.9 Å². The van der Waals surface area contributed by atoms with Crippen LogP contribution in [0.1, 0.15) is 12.0 Å². The minimum atomic E-state index is -4.71. The number of carbonyl (C=O) groups is 2. The monoisotopic (exact) mass is 448 g/mol. The van der Waals surface area contributed by atoms with Crippen molar-refractivity contribution in [1.82, 2.24) is 4.72 Å². The van der Waals surface area contributed by atoms with Gasteiger partial charge in [0.2, 0.25) is 10.0 Å². The lowest BCUT2D eigenvalue weighted by molar-refractivity contribution is -0.147. The molecule has 0 saturated heterocycles.